The molecule has 0 amide bonds. The van der Waals surface area contributed by atoms with E-state index in [4.69, 9.17) is 9.47 Å². The van der Waals surface area contributed by atoms with Gasteiger partial charge in [-0.25, -0.2) is 4.79 Å². The number of rotatable bonds is 18. The molecule has 0 bridgehead atoms. The van der Waals surface area contributed by atoms with E-state index < -0.39 is 5.97 Å². The van der Waals surface area contributed by atoms with Gasteiger partial charge in [0.25, 0.3) is 0 Å². The van der Waals surface area contributed by atoms with Crippen LogP contribution in [0.25, 0.3) is 10.8 Å². The number of carbonyl (C=O) groups is 1. The van der Waals surface area contributed by atoms with Crippen LogP contribution in [0, 0.1) is 6.92 Å². The highest BCUT2D eigenvalue weighted by molar-refractivity contribution is 5.91. The molecule has 0 heterocycles. The third-order valence-electron chi connectivity index (χ3n) is 7.74. The lowest BCUT2D eigenvalue weighted by atomic mass is 10.1. The third kappa shape index (κ3) is 11.0. The lowest BCUT2D eigenvalue weighted by Crippen LogP contribution is -2.08. The zero-order valence-corrected chi connectivity index (χ0v) is 25.9. The molecule has 43 heavy (non-hydrogen) atoms. The topological polar surface area (TPSA) is 60.2 Å². The number of hydrogen-bond donors (Lipinski definition) is 0. The SMILES string of the molecule is CCCCCCCCCCCCCCOc1ccc(C(=O)Oc2ccc(N=Nc3ccc4ccccc4c3)c(C)c2)cc1. The molecule has 4 aromatic rings. The number of azo groups is 1. The molecule has 0 saturated heterocycles. The second-order valence-electron chi connectivity index (χ2n) is 11.3. The minimum Gasteiger partial charge on any atom is -0.494 e. The third-order valence-corrected chi connectivity index (χ3v) is 7.74. The van der Waals surface area contributed by atoms with Crippen LogP contribution in [0.1, 0.15) is 99.9 Å². The number of aryl methyl sites for hydroxylation is 1. The Balaban J connectivity index is 1.14. The van der Waals surface area contributed by atoms with Gasteiger partial charge in [0.15, 0.2) is 0 Å². The predicted molar refractivity (Wildman–Crippen MR) is 177 cm³/mol. The van der Waals surface area contributed by atoms with Gasteiger partial charge in [0.1, 0.15) is 11.5 Å². The molecule has 4 aromatic carbocycles. The zero-order valence-electron chi connectivity index (χ0n) is 25.9. The van der Waals surface area contributed by atoms with Gasteiger partial charge >= 0.3 is 5.97 Å². The van der Waals surface area contributed by atoms with Crippen LogP contribution in [0.4, 0.5) is 11.4 Å². The molecule has 0 radical (unpaired) electrons. The number of carbonyl (C=O) groups excluding carboxylic acids is 1. The Morgan fingerprint density at radius 3 is 1.93 bits per heavy atom. The van der Waals surface area contributed by atoms with E-state index >= 15 is 0 Å². The van der Waals surface area contributed by atoms with E-state index in [9.17, 15) is 4.79 Å². The number of unbranched alkanes of at least 4 members (excludes halogenated alkanes) is 11. The lowest BCUT2D eigenvalue weighted by molar-refractivity contribution is 0.0734. The summed E-state index contributed by atoms with van der Waals surface area (Å²) < 4.78 is 11.5. The van der Waals surface area contributed by atoms with Crippen molar-refractivity contribution in [1.82, 2.24) is 0 Å². The Bertz CT molecular complexity index is 1450. The van der Waals surface area contributed by atoms with Gasteiger partial charge in [-0.05, 0) is 84.3 Å². The maximum absolute atomic E-state index is 12.7. The van der Waals surface area contributed by atoms with Crippen molar-refractivity contribution in [3.8, 4) is 11.5 Å². The molecule has 0 saturated carbocycles. The molecule has 5 nitrogen and oxygen atoms in total. The summed E-state index contributed by atoms with van der Waals surface area (Å²) in [5.41, 5.74) is 2.87. The summed E-state index contributed by atoms with van der Waals surface area (Å²) in [6.45, 7) is 4.89. The Labute approximate surface area is 257 Å². The number of fused-ring (bicyclic) bond motifs is 1. The van der Waals surface area contributed by atoms with Gasteiger partial charge in [0.2, 0.25) is 0 Å². The van der Waals surface area contributed by atoms with E-state index in [0.717, 1.165) is 34.5 Å². The fourth-order valence-electron chi connectivity index (χ4n) is 5.14. The highest BCUT2D eigenvalue weighted by Crippen LogP contribution is 2.28. The minimum absolute atomic E-state index is 0.405. The van der Waals surface area contributed by atoms with Crippen molar-refractivity contribution < 1.29 is 14.3 Å². The van der Waals surface area contributed by atoms with Crippen molar-refractivity contribution in [2.75, 3.05) is 6.61 Å². The van der Waals surface area contributed by atoms with Crippen LogP contribution in [0.5, 0.6) is 11.5 Å². The molecule has 226 valence electrons. The normalized spacial score (nSPS) is 11.3. The molecule has 0 aliphatic carbocycles. The molecular weight excluding hydrogens is 532 g/mol. The van der Waals surface area contributed by atoms with Crippen LogP contribution in [0.2, 0.25) is 0 Å². The largest absolute Gasteiger partial charge is 0.494 e. The van der Waals surface area contributed by atoms with E-state index in [2.05, 4.69) is 29.3 Å². The summed E-state index contributed by atoms with van der Waals surface area (Å²) >= 11 is 0. The fourth-order valence-corrected chi connectivity index (χ4v) is 5.14. The van der Waals surface area contributed by atoms with Gasteiger partial charge < -0.3 is 9.47 Å². The summed E-state index contributed by atoms with van der Waals surface area (Å²) in [6, 6.07) is 26.7. The van der Waals surface area contributed by atoms with Crippen LogP contribution in [-0.2, 0) is 0 Å². The summed E-state index contributed by atoms with van der Waals surface area (Å²) in [6.07, 6.45) is 15.9. The Hall–Kier alpha value is -3.99. The van der Waals surface area contributed by atoms with Crippen molar-refractivity contribution in [2.24, 2.45) is 10.2 Å². The average Bonchev–Trinajstić information content (AvgIpc) is 3.03. The summed E-state index contributed by atoms with van der Waals surface area (Å²) in [5, 5.41) is 11.1. The second kappa shape index (κ2) is 17.8. The standard InChI is InChI=1S/C38H46N2O3/c1-3-4-5-6-7-8-9-10-11-12-13-16-27-42-35-23-20-32(21-24-35)38(41)43-36-25-26-37(30(2)28-36)40-39-34-22-19-31-17-14-15-18-33(31)29-34/h14-15,17-26,28-29H,3-13,16,27H2,1-2H3. The van der Waals surface area contributed by atoms with Gasteiger partial charge in [-0.1, -0.05) is 108 Å². The molecule has 4 rings (SSSR count). The van der Waals surface area contributed by atoms with E-state index in [1.165, 1.54) is 76.0 Å². The number of esters is 1. The highest BCUT2D eigenvalue weighted by Gasteiger charge is 2.10. The molecular formula is C38H46N2O3. The van der Waals surface area contributed by atoms with Crippen molar-refractivity contribution >= 4 is 28.1 Å². The average molecular weight is 579 g/mol. The summed E-state index contributed by atoms with van der Waals surface area (Å²) in [4.78, 5) is 12.7. The molecule has 0 aliphatic heterocycles. The van der Waals surface area contributed by atoms with Crippen molar-refractivity contribution in [2.45, 2.75) is 90.9 Å². The molecule has 0 atom stereocenters. The van der Waals surface area contributed by atoms with Gasteiger partial charge in [0, 0.05) is 0 Å². The lowest BCUT2D eigenvalue weighted by Gasteiger charge is -2.09. The minimum atomic E-state index is -0.405. The smallest absolute Gasteiger partial charge is 0.343 e. The monoisotopic (exact) mass is 578 g/mol. The highest BCUT2D eigenvalue weighted by atomic mass is 16.5. The zero-order chi connectivity index (χ0) is 30.1. The van der Waals surface area contributed by atoms with Gasteiger partial charge in [-0.3, -0.25) is 0 Å². The van der Waals surface area contributed by atoms with Crippen LogP contribution in [0.3, 0.4) is 0 Å². The van der Waals surface area contributed by atoms with Crippen molar-refractivity contribution in [3.05, 3.63) is 96.1 Å². The molecule has 0 N–H and O–H groups in total. The summed E-state index contributed by atoms with van der Waals surface area (Å²) in [7, 11) is 0. The molecule has 0 spiro atoms. The molecule has 0 fully saturated rings. The Kier molecular flexibility index (Phi) is 13.3. The first-order valence-electron chi connectivity index (χ1n) is 16.1. The van der Waals surface area contributed by atoms with Crippen LogP contribution < -0.4 is 9.47 Å². The number of ether oxygens (including phenoxy) is 2. The van der Waals surface area contributed by atoms with E-state index in [1.54, 1.807) is 24.3 Å². The molecule has 0 aromatic heterocycles. The Morgan fingerprint density at radius 1 is 0.628 bits per heavy atom. The van der Waals surface area contributed by atoms with E-state index in [-0.39, 0.29) is 0 Å². The van der Waals surface area contributed by atoms with Gasteiger partial charge in [-0.15, -0.1) is 0 Å². The fraction of sp³-hybridized carbons (Fsp3) is 0.395. The number of hydrogen-bond acceptors (Lipinski definition) is 5. The molecule has 5 heteroatoms. The molecule has 0 aliphatic rings. The van der Waals surface area contributed by atoms with Gasteiger partial charge in [-0.2, -0.15) is 10.2 Å². The maximum Gasteiger partial charge on any atom is 0.343 e. The van der Waals surface area contributed by atoms with Crippen molar-refractivity contribution in [1.29, 1.82) is 0 Å². The quantitative estimate of drug-likeness (QED) is 0.0510. The van der Waals surface area contributed by atoms with Crippen molar-refractivity contribution in [3.63, 3.8) is 0 Å². The van der Waals surface area contributed by atoms with E-state index in [0.29, 0.717) is 17.9 Å². The van der Waals surface area contributed by atoms with Crippen LogP contribution in [-0.4, -0.2) is 12.6 Å². The van der Waals surface area contributed by atoms with Crippen LogP contribution in [0.15, 0.2) is 95.2 Å². The van der Waals surface area contributed by atoms with E-state index in [1.807, 2.05) is 55.5 Å². The first-order chi connectivity index (χ1) is 21.1. The first-order valence-corrected chi connectivity index (χ1v) is 16.1. The maximum atomic E-state index is 12.7. The first kappa shape index (κ1) is 31.9. The predicted octanol–water partition coefficient (Wildman–Crippen LogP) is 11.9. The van der Waals surface area contributed by atoms with Crippen LogP contribution >= 0.6 is 0 Å². The Morgan fingerprint density at radius 2 is 1.26 bits per heavy atom. The summed E-state index contributed by atoms with van der Waals surface area (Å²) in [5.74, 6) is 0.841. The second-order valence-corrected chi connectivity index (χ2v) is 11.3. The molecule has 0 unspecified atom stereocenters. The number of nitrogens with zero attached hydrogens (tertiary/aromatic N) is 2. The number of benzene rings is 4. The van der Waals surface area contributed by atoms with Gasteiger partial charge in [0.05, 0.1) is 23.5 Å².